The highest BCUT2D eigenvalue weighted by molar-refractivity contribution is 5.66. The van der Waals surface area contributed by atoms with Gasteiger partial charge in [-0.1, -0.05) is 32.0 Å². The molecule has 106 valence electrons. The van der Waals surface area contributed by atoms with E-state index < -0.39 is 5.97 Å². The predicted octanol–water partition coefficient (Wildman–Crippen LogP) is 3.79. The normalized spacial score (nSPS) is 10.7. The molecule has 1 N–H and O–H groups in total. The van der Waals surface area contributed by atoms with Crippen molar-refractivity contribution >= 4 is 11.7 Å². The predicted molar refractivity (Wildman–Crippen MR) is 79.6 cm³/mol. The number of nitrogens with zero attached hydrogens (tertiary/aromatic N) is 1. The standard InChI is InChI=1S/C16H25NO2/c1-14(2)8-6-12-17(13-7-11-16(18)19)15-9-4-3-5-10-15/h3-5,9-10,14H,6-8,11-13H2,1-2H3,(H,18,19). The first-order chi connectivity index (χ1) is 9.09. The van der Waals surface area contributed by atoms with Crippen LogP contribution in [0, 0.1) is 5.92 Å². The second-order valence-corrected chi connectivity index (χ2v) is 5.36. The Morgan fingerprint density at radius 3 is 2.37 bits per heavy atom. The van der Waals surface area contributed by atoms with Gasteiger partial charge in [-0.2, -0.15) is 0 Å². The van der Waals surface area contributed by atoms with Gasteiger partial charge in [0.15, 0.2) is 0 Å². The van der Waals surface area contributed by atoms with Crippen molar-refractivity contribution in [3.8, 4) is 0 Å². The maximum absolute atomic E-state index is 10.6. The summed E-state index contributed by atoms with van der Waals surface area (Å²) >= 11 is 0. The molecule has 0 heterocycles. The molecule has 1 aromatic rings. The molecule has 0 aliphatic carbocycles. The van der Waals surface area contributed by atoms with Crippen LogP contribution in [0.4, 0.5) is 5.69 Å². The van der Waals surface area contributed by atoms with Crippen molar-refractivity contribution in [2.45, 2.75) is 39.5 Å². The molecule has 0 spiro atoms. The topological polar surface area (TPSA) is 40.5 Å². The maximum Gasteiger partial charge on any atom is 0.303 e. The van der Waals surface area contributed by atoms with Gasteiger partial charge in [0.2, 0.25) is 0 Å². The van der Waals surface area contributed by atoms with E-state index in [1.165, 1.54) is 12.1 Å². The molecule has 0 unspecified atom stereocenters. The average molecular weight is 263 g/mol. The van der Waals surface area contributed by atoms with Crippen molar-refractivity contribution in [2.24, 2.45) is 5.92 Å². The molecule has 3 nitrogen and oxygen atoms in total. The number of rotatable bonds is 9. The Hall–Kier alpha value is -1.51. The van der Waals surface area contributed by atoms with Gasteiger partial charge in [-0.15, -0.1) is 0 Å². The summed E-state index contributed by atoms with van der Waals surface area (Å²) < 4.78 is 0. The second-order valence-electron chi connectivity index (χ2n) is 5.36. The third-order valence-corrected chi connectivity index (χ3v) is 3.15. The molecule has 1 aromatic carbocycles. The van der Waals surface area contributed by atoms with E-state index in [1.54, 1.807) is 0 Å². The van der Waals surface area contributed by atoms with Gasteiger partial charge in [0.25, 0.3) is 0 Å². The highest BCUT2D eigenvalue weighted by Gasteiger charge is 2.07. The highest BCUT2D eigenvalue weighted by atomic mass is 16.4. The van der Waals surface area contributed by atoms with Gasteiger partial charge in [0, 0.05) is 25.2 Å². The van der Waals surface area contributed by atoms with Gasteiger partial charge >= 0.3 is 5.97 Å². The molecule has 0 bridgehead atoms. The minimum atomic E-state index is -0.713. The molecule has 0 radical (unpaired) electrons. The van der Waals surface area contributed by atoms with E-state index in [0.29, 0.717) is 6.42 Å². The molecule has 0 atom stereocenters. The van der Waals surface area contributed by atoms with Crippen LogP contribution in [0.25, 0.3) is 0 Å². The molecule has 0 aliphatic heterocycles. The molecular formula is C16H25NO2. The smallest absolute Gasteiger partial charge is 0.303 e. The Kier molecular flexibility index (Phi) is 7.01. The number of anilines is 1. The molecule has 0 saturated carbocycles. The third kappa shape index (κ3) is 6.85. The van der Waals surface area contributed by atoms with E-state index in [9.17, 15) is 4.79 Å². The molecular weight excluding hydrogens is 238 g/mol. The summed E-state index contributed by atoms with van der Waals surface area (Å²) in [5.41, 5.74) is 1.19. The van der Waals surface area contributed by atoms with Crippen molar-refractivity contribution < 1.29 is 9.90 Å². The van der Waals surface area contributed by atoms with Gasteiger partial charge in [0.1, 0.15) is 0 Å². The number of para-hydroxylation sites is 1. The fourth-order valence-corrected chi connectivity index (χ4v) is 2.12. The summed E-state index contributed by atoms with van der Waals surface area (Å²) in [6.07, 6.45) is 3.31. The van der Waals surface area contributed by atoms with Crippen LogP contribution in [-0.4, -0.2) is 24.2 Å². The highest BCUT2D eigenvalue weighted by Crippen LogP contribution is 2.16. The van der Waals surface area contributed by atoms with E-state index in [4.69, 9.17) is 5.11 Å². The van der Waals surface area contributed by atoms with Gasteiger partial charge in [0.05, 0.1) is 0 Å². The Morgan fingerprint density at radius 2 is 1.79 bits per heavy atom. The molecule has 3 heteroatoms. The zero-order valence-corrected chi connectivity index (χ0v) is 12.0. The summed E-state index contributed by atoms with van der Waals surface area (Å²) in [7, 11) is 0. The number of carbonyl (C=O) groups is 1. The SMILES string of the molecule is CC(C)CCCN(CCCC(=O)O)c1ccccc1. The molecule has 1 rings (SSSR count). The van der Waals surface area contributed by atoms with E-state index >= 15 is 0 Å². The van der Waals surface area contributed by atoms with Crippen LogP contribution in [-0.2, 0) is 4.79 Å². The minimum absolute atomic E-state index is 0.244. The van der Waals surface area contributed by atoms with Crippen molar-refractivity contribution in [3.05, 3.63) is 30.3 Å². The van der Waals surface area contributed by atoms with Crippen molar-refractivity contribution in [1.29, 1.82) is 0 Å². The number of benzene rings is 1. The fourth-order valence-electron chi connectivity index (χ4n) is 2.12. The number of hydrogen-bond donors (Lipinski definition) is 1. The van der Waals surface area contributed by atoms with Gasteiger partial charge < -0.3 is 10.0 Å². The third-order valence-electron chi connectivity index (χ3n) is 3.15. The first kappa shape index (κ1) is 15.5. The van der Waals surface area contributed by atoms with Gasteiger partial charge in [-0.05, 0) is 37.3 Å². The quantitative estimate of drug-likeness (QED) is 0.737. The van der Waals surface area contributed by atoms with Crippen molar-refractivity contribution in [2.75, 3.05) is 18.0 Å². The molecule has 19 heavy (non-hydrogen) atoms. The number of carboxylic acid groups (broad SMARTS) is 1. The molecule has 0 fully saturated rings. The summed E-state index contributed by atoms with van der Waals surface area (Å²) in [4.78, 5) is 12.9. The lowest BCUT2D eigenvalue weighted by molar-refractivity contribution is -0.137. The van der Waals surface area contributed by atoms with Crippen molar-refractivity contribution in [1.82, 2.24) is 0 Å². The Morgan fingerprint density at radius 1 is 1.16 bits per heavy atom. The average Bonchev–Trinajstić information content (AvgIpc) is 2.37. The van der Waals surface area contributed by atoms with Crippen LogP contribution >= 0.6 is 0 Å². The lowest BCUT2D eigenvalue weighted by atomic mass is 10.1. The summed E-state index contributed by atoms with van der Waals surface area (Å²) in [6.45, 7) is 6.28. The Bertz CT molecular complexity index is 362. The van der Waals surface area contributed by atoms with E-state index in [-0.39, 0.29) is 6.42 Å². The molecule has 0 amide bonds. The van der Waals surface area contributed by atoms with E-state index in [2.05, 4.69) is 30.9 Å². The van der Waals surface area contributed by atoms with Crippen molar-refractivity contribution in [3.63, 3.8) is 0 Å². The van der Waals surface area contributed by atoms with E-state index in [1.807, 2.05) is 18.2 Å². The van der Waals surface area contributed by atoms with E-state index in [0.717, 1.165) is 25.4 Å². The zero-order chi connectivity index (χ0) is 14.1. The first-order valence-corrected chi connectivity index (χ1v) is 7.11. The van der Waals surface area contributed by atoms with Crippen LogP contribution in [0.3, 0.4) is 0 Å². The minimum Gasteiger partial charge on any atom is -0.481 e. The number of hydrogen-bond acceptors (Lipinski definition) is 2. The second kappa shape index (κ2) is 8.57. The van der Waals surface area contributed by atoms with Crippen LogP contribution in [0.2, 0.25) is 0 Å². The maximum atomic E-state index is 10.6. The lowest BCUT2D eigenvalue weighted by Crippen LogP contribution is -2.26. The number of aliphatic carboxylic acids is 1. The number of carboxylic acids is 1. The first-order valence-electron chi connectivity index (χ1n) is 7.11. The monoisotopic (exact) mass is 263 g/mol. The van der Waals surface area contributed by atoms with Gasteiger partial charge in [-0.3, -0.25) is 4.79 Å². The van der Waals surface area contributed by atoms with Crippen LogP contribution in [0.1, 0.15) is 39.5 Å². The summed E-state index contributed by atoms with van der Waals surface area (Å²) in [5, 5.41) is 8.73. The molecule has 0 aromatic heterocycles. The Balaban J connectivity index is 2.50. The Labute approximate surface area is 116 Å². The fraction of sp³-hybridized carbons (Fsp3) is 0.562. The largest absolute Gasteiger partial charge is 0.481 e. The van der Waals surface area contributed by atoms with Crippen LogP contribution in [0.5, 0.6) is 0 Å². The zero-order valence-electron chi connectivity index (χ0n) is 12.0. The molecule has 0 aliphatic rings. The molecule has 0 saturated heterocycles. The van der Waals surface area contributed by atoms with Crippen LogP contribution in [0.15, 0.2) is 30.3 Å². The summed E-state index contributed by atoms with van der Waals surface area (Å²) in [5.74, 6) is 0.00633. The summed E-state index contributed by atoms with van der Waals surface area (Å²) in [6, 6.07) is 10.3. The lowest BCUT2D eigenvalue weighted by Gasteiger charge is -2.25. The van der Waals surface area contributed by atoms with Gasteiger partial charge in [-0.25, -0.2) is 0 Å². The van der Waals surface area contributed by atoms with Crippen LogP contribution < -0.4 is 4.90 Å².